The van der Waals surface area contributed by atoms with Gasteiger partial charge in [-0.2, -0.15) is 5.26 Å². The number of nitriles is 1. The third-order valence-electron chi connectivity index (χ3n) is 4.73. The van der Waals surface area contributed by atoms with Crippen molar-refractivity contribution in [1.82, 2.24) is 9.97 Å². The van der Waals surface area contributed by atoms with E-state index < -0.39 is 28.0 Å². The highest BCUT2D eigenvalue weighted by molar-refractivity contribution is 7.92. The van der Waals surface area contributed by atoms with Crippen molar-refractivity contribution in [2.45, 2.75) is 44.8 Å². The van der Waals surface area contributed by atoms with E-state index in [1.165, 1.54) is 37.4 Å². The van der Waals surface area contributed by atoms with Gasteiger partial charge in [0.25, 0.3) is 0 Å². The predicted octanol–water partition coefficient (Wildman–Crippen LogP) is 2.84. The van der Waals surface area contributed by atoms with Crippen molar-refractivity contribution in [1.29, 1.82) is 5.26 Å². The van der Waals surface area contributed by atoms with Crippen molar-refractivity contribution in [3.05, 3.63) is 47.4 Å². The number of aromatic nitrogens is 2. The van der Waals surface area contributed by atoms with Crippen LogP contribution < -0.4 is 4.31 Å². The molecule has 0 aliphatic rings. The number of sulfonamides is 1. The molecule has 10 heteroatoms. The number of halogens is 1. The number of aliphatic hydroxyl groups is 2. The molecule has 172 valence electrons. The fourth-order valence-electron chi connectivity index (χ4n) is 2.95. The fourth-order valence-corrected chi connectivity index (χ4v) is 3.33. The number of anilines is 1. The maximum absolute atomic E-state index is 13.5. The zero-order chi connectivity index (χ0) is 24.1. The first-order valence-electron chi connectivity index (χ1n) is 9.97. The Balaban J connectivity index is 2.65. The standard InChI is InChI=1S/C22H27FN4O4S/c1-14(2)20-19(10-9-17(28)13-18(29)11-12-24)21(15-5-7-16(23)8-6-15)26-22(25-20)27(3)32(4,30)31/h5-10,14,17-18,28-29H,11,13H2,1-4H3/b10-9+/t17?,18-/m0/s1. The number of rotatable bonds is 9. The first-order chi connectivity index (χ1) is 14.9. The van der Waals surface area contributed by atoms with Gasteiger partial charge >= 0.3 is 0 Å². The minimum absolute atomic E-state index is 0.0251. The molecular formula is C22H27FN4O4S. The molecule has 2 atom stereocenters. The smallest absolute Gasteiger partial charge is 0.239 e. The highest BCUT2D eigenvalue weighted by atomic mass is 32.2. The minimum Gasteiger partial charge on any atom is -0.392 e. The summed E-state index contributed by atoms with van der Waals surface area (Å²) in [6.07, 6.45) is 1.97. The minimum atomic E-state index is -3.63. The van der Waals surface area contributed by atoms with Gasteiger partial charge in [-0.15, -0.1) is 0 Å². The van der Waals surface area contributed by atoms with Crippen LogP contribution in [0.15, 0.2) is 30.3 Å². The van der Waals surface area contributed by atoms with Gasteiger partial charge in [0, 0.05) is 24.6 Å². The van der Waals surface area contributed by atoms with Gasteiger partial charge in [-0.25, -0.2) is 27.1 Å². The van der Waals surface area contributed by atoms with Crippen LogP contribution in [0.5, 0.6) is 0 Å². The van der Waals surface area contributed by atoms with E-state index in [2.05, 4.69) is 9.97 Å². The molecule has 0 saturated carbocycles. The number of aliphatic hydroxyl groups excluding tert-OH is 2. The summed E-state index contributed by atoms with van der Waals surface area (Å²) in [4.78, 5) is 8.89. The molecule has 2 rings (SSSR count). The quantitative estimate of drug-likeness (QED) is 0.586. The Morgan fingerprint density at radius 1 is 1.22 bits per heavy atom. The van der Waals surface area contributed by atoms with E-state index in [1.807, 2.05) is 19.9 Å². The topological polar surface area (TPSA) is 127 Å². The van der Waals surface area contributed by atoms with E-state index in [9.17, 15) is 23.0 Å². The molecule has 8 nitrogen and oxygen atoms in total. The van der Waals surface area contributed by atoms with Crippen molar-refractivity contribution in [3.63, 3.8) is 0 Å². The number of nitrogens with zero attached hydrogens (tertiary/aromatic N) is 4. The van der Waals surface area contributed by atoms with Crippen molar-refractivity contribution in [2.24, 2.45) is 0 Å². The lowest BCUT2D eigenvalue weighted by Crippen LogP contribution is -2.27. The van der Waals surface area contributed by atoms with Crippen LogP contribution in [0.25, 0.3) is 17.3 Å². The van der Waals surface area contributed by atoms with Crippen LogP contribution in [0.2, 0.25) is 0 Å². The summed E-state index contributed by atoms with van der Waals surface area (Å²) in [5, 5.41) is 28.7. The summed E-state index contributed by atoms with van der Waals surface area (Å²) in [6, 6.07) is 7.44. The average Bonchev–Trinajstić information content (AvgIpc) is 2.71. The molecule has 0 amide bonds. The Bertz CT molecular complexity index is 1110. The van der Waals surface area contributed by atoms with Crippen LogP contribution in [0.4, 0.5) is 10.3 Å². The molecular weight excluding hydrogens is 435 g/mol. The average molecular weight is 463 g/mol. The van der Waals surface area contributed by atoms with Crippen LogP contribution in [0, 0.1) is 17.1 Å². The van der Waals surface area contributed by atoms with Crippen LogP contribution in [0.1, 0.15) is 43.9 Å². The molecule has 0 fully saturated rings. The van der Waals surface area contributed by atoms with E-state index in [0.717, 1.165) is 10.6 Å². The molecule has 0 saturated heterocycles. The Hall–Kier alpha value is -2.87. The lowest BCUT2D eigenvalue weighted by Gasteiger charge is -2.20. The Morgan fingerprint density at radius 2 is 1.84 bits per heavy atom. The second-order valence-corrected chi connectivity index (χ2v) is 9.76. The third-order valence-corrected chi connectivity index (χ3v) is 5.89. The molecule has 2 aromatic rings. The highest BCUT2D eigenvalue weighted by Gasteiger charge is 2.22. The van der Waals surface area contributed by atoms with Crippen LogP contribution >= 0.6 is 0 Å². The van der Waals surface area contributed by atoms with E-state index in [1.54, 1.807) is 6.08 Å². The van der Waals surface area contributed by atoms with Crippen molar-refractivity contribution >= 4 is 22.0 Å². The largest absolute Gasteiger partial charge is 0.392 e. The van der Waals surface area contributed by atoms with E-state index in [4.69, 9.17) is 5.26 Å². The normalized spacial score (nSPS) is 13.8. The number of hydrogen-bond acceptors (Lipinski definition) is 7. The molecule has 1 aromatic heterocycles. The van der Waals surface area contributed by atoms with Gasteiger partial charge in [0.1, 0.15) is 5.82 Å². The molecule has 0 radical (unpaired) electrons. The van der Waals surface area contributed by atoms with Gasteiger partial charge in [0.2, 0.25) is 16.0 Å². The maximum Gasteiger partial charge on any atom is 0.239 e. The summed E-state index contributed by atoms with van der Waals surface area (Å²) in [7, 11) is -2.28. The van der Waals surface area contributed by atoms with Gasteiger partial charge < -0.3 is 10.2 Å². The van der Waals surface area contributed by atoms with E-state index in [-0.39, 0.29) is 24.7 Å². The second-order valence-electron chi connectivity index (χ2n) is 7.74. The summed E-state index contributed by atoms with van der Waals surface area (Å²) in [6.45, 7) is 3.76. The zero-order valence-corrected chi connectivity index (χ0v) is 19.2. The summed E-state index contributed by atoms with van der Waals surface area (Å²) < 4.78 is 38.6. The summed E-state index contributed by atoms with van der Waals surface area (Å²) in [5.74, 6) is -0.595. The van der Waals surface area contributed by atoms with E-state index >= 15 is 0 Å². The maximum atomic E-state index is 13.5. The molecule has 0 bridgehead atoms. The highest BCUT2D eigenvalue weighted by Crippen LogP contribution is 2.31. The number of hydrogen-bond donors (Lipinski definition) is 2. The van der Waals surface area contributed by atoms with Gasteiger partial charge in [-0.1, -0.05) is 26.0 Å². The summed E-state index contributed by atoms with van der Waals surface area (Å²) in [5.41, 5.74) is 1.98. The molecule has 0 aliphatic carbocycles. The molecule has 32 heavy (non-hydrogen) atoms. The third kappa shape index (κ3) is 6.56. The monoisotopic (exact) mass is 462 g/mol. The fraction of sp³-hybridized carbons (Fsp3) is 0.409. The molecule has 0 spiro atoms. The first-order valence-corrected chi connectivity index (χ1v) is 11.8. The Labute approximate surface area is 187 Å². The number of benzene rings is 1. The molecule has 1 heterocycles. The molecule has 2 N–H and O–H groups in total. The van der Waals surface area contributed by atoms with Gasteiger partial charge in [0.05, 0.1) is 42.3 Å². The Kier molecular flexibility index (Phi) is 8.44. The first kappa shape index (κ1) is 25.4. The summed E-state index contributed by atoms with van der Waals surface area (Å²) >= 11 is 0. The van der Waals surface area contributed by atoms with Crippen LogP contribution in [-0.2, 0) is 10.0 Å². The van der Waals surface area contributed by atoms with Crippen molar-refractivity contribution in [3.8, 4) is 17.3 Å². The van der Waals surface area contributed by atoms with E-state index in [0.29, 0.717) is 22.5 Å². The zero-order valence-electron chi connectivity index (χ0n) is 18.4. The van der Waals surface area contributed by atoms with Gasteiger partial charge in [0.15, 0.2) is 0 Å². The predicted molar refractivity (Wildman–Crippen MR) is 121 cm³/mol. The SMILES string of the molecule is CC(C)c1nc(N(C)S(C)(=O)=O)nc(-c2ccc(F)cc2)c1/C=C/C(O)C[C@@H](O)CC#N. The lowest BCUT2D eigenvalue weighted by molar-refractivity contribution is 0.107. The molecule has 1 aromatic carbocycles. The molecule has 1 unspecified atom stereocenters. The van der Waals surface area contributed by atoms with Gasteiger partial charge in [-0.3, -0.25) is 0 Å². The van der Waals surface area contributed by atoms with Gasteiger partial charge in [-0.05, 0) is 30.2 Å². The van der Waals surface area contributed by atoms with Crippen LogP contribution in [0.3, 0.4) is 0 Å². The second kappa shape index (κ2) is 10.6. The van der Waals surface area contributed by atoms with Crippen molar-refractivity contribution < 1.29 is 23.0 Å². The Morgan fingerprint density at radius 3 is 2.38 bits per heavy atom. The van der Waals surface area contributed by atoms with Crippen molar-refractivity contribution in [2.75, 3.05) is 17.6 Å². The lowest BCUT2D eigenvalue weighted by atomic mass is 9.97. The molecule has 0 aliphatic heterocycles. The van der Waals surface area contributed by atoms with Crippen LogP contribution in [-0.4, -0.2) is 54.1 Å².